The normalized spacial score (nSPS) is 13.3. The number of benzene rings is 1. The Hall–Kier alpha value is -0.530. The zero-order chi connectivity index (χ0) is 17.1. The van der Waals surface area contributed by atoms with Gasteiger partial charge in [-0.3, -0.25) is 0 Å². The molecule has 0 radical (unpaired) electrons. The molecule has 132 valence electrons. The van der Waals surface area contributed by atoms with Crippen molar-refractivity contribution in [2.45, 2.75) is 96.0 Å². The Morgan fingerprint density at radius 2 is 1.43 bits per heavy atom. The number of hydrogen-bond donors (Lipinski definition) is 1. The summed E-state index contributed by atoms with van der Waals surface area (Å²) in [4.78, 5) is -0.275. The van der Waals surface area contributed by atoms with E-state index in [0.29, 0.717) is 0 Å². The van der Waals surface area contributed by atoms with Gasteiger partial charge in [-0.25, -0.2) is 0 Å². The molecule has 2 heteroatoms. The van der Waals surface area contributed by atoms with E-state index in [4.69, 9.17) is 11.6 Å². The molecule has 1 aromatic rings. The lowest BCUT2D eigenvalue weighted by molar-refractivity contribution is 0.180. The topological polar surface area (TPSA) is 20.2 Å². The Labute approximate surface area is 148 Å². The molecule has 0 aliphatic carbocycles. The summed E-state index contributed by atoms with van der Waals surface area (Å²) >= 11 is 6.49. The maximum absolute atomic E-state index is 9.21. The highest BCUT2D eigenvalue weighted by Gasteiger charge is 2.19. The van der Waals surface area contributed by atoms with Gasteiger partial charge >= 0.3 is 0 Å². The molecule has 0 saturated heterocycles. The second kappa shape index (κ2) is 11.1. The maximum atomic E-state index is 9.21. The largest absolute Gasteiger partial charge is 0.393 e. The minimum absolute atomic E-state index is 0.129. The first-order chi connectivity index (χ1) is 10.9. The van der Waals surface area contributed by atoms with Crippen LogP contribution in [0, 0.1) is 0 Å². The van der Waals surface area contributed by atoms with E-state index in [1.165, 1.54) is 62.5 Å². The summed E-state index contributed by atoms with van der Waals surface area (Å²) in [7, 11) is 0. The van der Waals surface area contributed by atoms with Gasteiger partial charge in [0.05, 0.1) is 11.0 Å². The second-order valence-corrected chi connectivity index (χ2v) is 8.29. The van der Waals surface area contributed by atoms with Gasteiger partial charge in [0.15, 0.2) is 0 Å². The Morgan fingerprint density at radius 1 is 0.913 bits per heavy atom. The smallest absolute Gasteiger partial charge is 0.0641 e. The number of aliphatic hydroxyl groups excluding tert-OH is 1. The fourth-order valence-corrected chi connectivity index (χ4v) is 3.32. The molecule has 1 aromatic carbocycles. The molecular formula is C21H35ClO. The van der Waals surface area contributed by atoms with Crippen molar-refractivity contribution in [3.63, 3.8) is 0 Å². The van der Waals surface area contributed by atoms with Gasteiger partial charge in [-0.1, -0.05) is 69.2 Å². The number of halogens is 1. The molecule has 1 unspecified atom stereocenters. The number of aryl methyl sites for hydroxylation is 1. The van der Waals surface area contributed by atoms with Gasteiger partial charge in [0.25, 0.3) is 0 Å². The van der Waals surface area contributed by atoms with Crippen molar-refractivity contribution in [1.82, 2.24) is 0 Å². The van der Waals surface area contributed by atoms with Crippen molar-refractivity contribution >= 4 is 11.6 Å². The first kappa shape index (κ1) is 20.5. The lowest BCUT2D eigenvalue weighted by Crippen LogP contribution is -2.10. The van der Waals surface area contributed by atoms with Crippen molar-refractivity contribution in [3.8, 4) is 0 Å². The summed E-state index contributed by atoms with van der Waals surface area (Å²) in [6.07, 6.45) is 12.3. The first-order valence-corrected chi connectivity index (χ1v) is 9.74. The number of hydrogen-bond acceptors (Lipinski definition) is 1. The van der Waals surface area contributed by atoms with Crippen LogP contribution in [-0.2, 0) is 11.3 Å². The highest BCUT2D eigenvalue weighted by Crippen LogP contribution is 2.31. The van der Waals surface area contributed by atoms with Gasteiger partial charge in [0, 0.05) is 0 Å². The number of alkyl halides is 1. The quantitative estimate of drug-likeness (QED) is 0.336. The minimum Gasteiger partial charge on any atom is -0.393 e. The molecule has 0 heterocycles. The summed E-state index contributed by atoms with van der Waals surface area (Å²) in [5.41, 5.74) is 2.69. The predicted octanol–water partition coefficient (Wildman–Crippen LogP) is 6.59. The van der Waals surface area contributed by atoms with Crippen LogP contribution in [0.25, 0.3) is 0 Å². The van der Waals surface area contributed by atoms with Crippen molar-refractivity contribution in [3.05, 3.63) is 35.4 Å². The van der Waals surface area contributed by atoms with Crippen LogP contribution in [0.4, 0.5) is 0 Å². The minimum atomic E-state index is -0.275. The summed E-state index contributed by atoms with van der Waals surface area (Å²) < 4.78 is 0. The summed E-state index contributed by atoms with van der Waals surface area (Å²) in [5.74, 6) is 0. The van der Waals surface area contributed by atoms with Crippen LogP contribution in [0.5, 0.6) is 0 Å². The number of unbranched alkanes of at least 4 members (excludes halogenated alkanes) is 7. The fraction of sp³-hybridized carbons (Fsp3) is 0.714. The monoisotopic (exact) mass is 338 g/mol. The lowest BCUT2D eigenvalue weighted by Gasteiger charge is -2.20. The molecule has 0 spiro atoms. The van der Waals surface area contributed by atoms with Crippen molar-refractivity contribution in [1.29, 1.82) is 0 Å². The second-order valence-electron chi connectivity index (χ2n) is 7.35. The van der Waals surface area contributed by atoms with E-state index >= 15 is 0 Å². The number of rotatable bonds is 12. The van der Waals surface area contributed by atoms with Gasteiger partial charge in [-0.2, -0.15) is 0 Å². The van der Waals surface area contributed by atoms with Crippen LogP contribution in [0.1, 0.15) is 89.7 Å². The van der Waals surface area contributed by atoms with Gasteiger partial charge in [0.1, 0.15) is 0 Å². The van der Waals surface area contributed by atoms with Crippen molar-refractivity contribution in [2.75, 3.05) is 0 Å². The average Bonchev–Trinajstić information content (AvgIpc) is 2.48. The van der Waals surface area contributed by atoms with Crippen LogP contribution in [0.15, 0.2) is 24.3 Å². The van der Waals surface area contributed by atoms with E-state index < -0.39 is 0 Å². The molecule has 0 aromatic heterocycles. The van der Waals surface area contributed by atoms with Gasteiger partial charge < -0.3 is 5.11 Å². The Kier molecular flexibility index (Phi) is 9.90. The maximum Gasteiger partial charge on any atom is 0.0641 e. The summed E-state index contributed by atoms with van der Waals surface area (Å²) in [6.45, 7) is 6.03. The Bertz CT molecular complexity index is 420. The molecule has 23 heavy (non-hydrogen) atoms. The molecule has 0 amide bonds. The predicted molar refractivity (Wildman–Crippen MR) is 102 cm³/mol. The highest BCUT2D eigenvalue weighted by molar-refractivity contribution is 6.23. The van der Waals surface area contributed by atoms with Crippen LogP contribution < -0.4 is 0 Å². The van der Waals surface area contributed by atoms with E-state index in [-0.39, 0.29) is 11.0 Å². The van der Waals surface area contributed by atoms with Crippen LogP contribution in [0.2, 0.25) is 0 Å². The molecule has 0 bridgehead atoms. The van der Waals surface area contributed by atoms with E-state index in [0.717, 1.165) is 12.8 Å². The lowest BCUT2D eigenvalue weighted by atomic mass is 9.93. The molecule has 1 nitrogen and oxygen atoms in total. The molecule has 0 saturated carbocycles. The first-order valence-electron chi connectivity index (χ1n) is 9.36. The summed E-state index contributed by atoms with van der Waals surface area (Å²) in [6, 6.07) is 8.59. The Morgan fingerprint density at radius 3 is 2.00 bits per heavy atom. The standard InChI is InChI=1S/C21H35ClO/c1-18(23)14-10-8-6-4-5-7-9-11-15-19-16-12-13-17-20(19)21(2,3)22/h12-13,16-18,23H,4-11,14-15H2,1-3H3. The third kappa shape index (κ3) is 9.37. The van der Waals surface area contributed by atoms with Crippen LogP contribution in [-0.4, -0.2) is 11.2 Å². The SMILES string of the molecule is CC(O)CCCCCCCCCCc1ccccc1C(C)(C)Cl. The molecule has 1 N–H and O–H groups in total. The van der Waals surface area contributed by atoms with Gasteiger partial charge in [-0.05, 0) is 51.2 Å². The summed E-state index contributed by atoms with van der Waals surface area (Å²) in [5, 5.41) is 9.21. The number of aliphatic hydroxyl groups is 1. The third-order valence-corrected chi connectivity index (χ3v) is 4.68. The van der Waals surface area contributed by atoms with Crippen LogP contribution >= 0.6 is 11.6 Å². The van der Waals surface area contributed by atoms with E-state index in [1.807, 2.05) is 6.92 Å². The van der Waals surface area contributed by atoms with E-state index in [1.54, 1.807) is 0 Å². The highest BCUT2D eigenvalue weighted by atomic mass is 35.5. The molecule has 1 rings (SSSR count). The zero-order valence-electron chi connectivity index (χ0n) is 15.3. The van der Waals surface area contributed by atoms with Gasteiger partial charge in [0.2, 0.25) is 0 Å². The van der Waals surface area contributed by atoms with E-state index in [9.17, 15) is 5.11 Å². The average molecular weight is 339 g/mol. The van der Waals surface area contributed by atoms with E-state index in [2.05, 4.69) is 38.1 Å². The molecule has 0 aliphatic heterocycles. The van der Waals surface area contributed by atoms with Crippen molar-refractivity contribution < 1.29 is 5.11 Å². The molecule has 1 atom stereocenters. The van der Waals surface area contributed by atoms with Crippen LogP contribution in [0.3, 0.4) is 0 Å². The molecule has 0 fully saturated rings. The van der Waals surface area contributed by atoms with Crippen molar-refractivity contribution in [2.24, 2.45) is 0 Å². The third-order valence-electron chi connectivity index (χ3n) is 4.48. The Balaban J connectivity index is 2.10. The molecular weight excluding hydrogens is 304 g/mol. The fourth-order valence-electron chi connectivity index (χ4n) is 3.13. The molecule has 0 aliphatic rings. The zero-order valence-corrected chi connectivity index (χ0v) is 16.0. The van der Waals surface area contributed by atoms with Gasteiger partial charge in [-0.15, -0.1) is 11.6 Å².